The molecule has 0 saturated carbocycles. The molecular weight excluding hydrogens is 132 g/mol. The second-order valence-corrected chi connectivity index (χ2v) is 2.86. The van der Waals surface area contributed by atoms with Crippen molar-refractivity contribution in [3.05, 3.63) is 23.3 Å². The van der Waals surface area contributed by atoms with Crippen molar-refractivity contribution in [2.24, 2.45) is 0 Å². The van der Waals surface area contributed by atoms with E-state index in [0.717, 1.165) is 6.42 Å². The van der Waals surface area contributed by atoms with Crippen LogP contribution in [-0.4, -0.2) is 0 Å². The van der Waals surface area contributed by atoms with Gasteiger partial charge in [-0.2, -0.15) is 0 Å². The normalized spacial score (nSPS) is 13.8. The van der Waals surface area contributed by atoms with E-state index in [4.69, 9.17) is 0 Å². The van der Waals surface area contributed by atoms with Gasteiger partial charge in [0.25, 0.3) is 0 Å². The van der Waals surface area contributed by atoms with E-state index in [0.29, 0.717) is 0 Å². The minimum Gasteiger partial charge on any atom is -0.0842 e. The zero-order chi connectivity index (χ0) is 8.69. The predicted molar refractivity (Wildman–Crippen MR) is 52.7 cm³/mol. The minimum absolute atomic E-state index is 1.15. The van der Waals surface area contributed by atoms with Crippen molar-refractivity contribution < 1.29 is 0 Å². The lowest BCUT2D eigenvalue weighted by atomic mass is 10.0. The van der Waals surface area contributed by atoms with E-state index in [9.17, 15) is 0 Å². The number of rotatable bonds is 4. The highest BCUT2D eigenvalue weighted by Crippen LogP contribution is 2.15. The first-order valence-corrected chi connectivity index (χ1v) is 4.58. The second kappa shape index (κ2) is 6.21. The maximum absolute atomic E-state index is 2.30. The Labute approximate surface area is 71.0 Å². The number of allylic oxidation sites excluding steroid dienone is 4. The van der Waals surface area contributed by atoms with Crippen LogP contribution in [0.2, 0.25) is 0 Å². The summed E-state index contributed by atoms with van der Waals surface area (Å²) in [4.78, 5) is 0. The van der Waals surface area contributed by atoms with Crippen LogP contribution in [0.15, 0.2) is 23.3 Å². The topological polar surface area (TPSA) is 0 Å². The molecule has 0 aliphatic carbocycles. The van der Waals surface area contributed by atoms with Crippen molar-refractivity contribution in [2.45, 2.75) is 47.0 Å². The highest BCUT2D eigenvalue weighted by Gasteiger charge is 1.95. The third kappa shape index (κ3) is 4.02. The van der Waals surface area contributed by atoms with Crippen LogP contribution in [0.5, 0.6) is 0 Å². The molecule has 0 heterocycles. The van der Waals surface area contributed by atoms with Gasteiger partial charge in [-0.1, -0.05) is 38.0 Å². The monoisotopic (exact) mass is 152 g/mol. The predicted octanol–water partition coefficient (Wildman–Crippen LogP) is 4.09. The van der Waals surface area contributed by atoms with Gasteiger partial charge in [-0.05, 0) is 32.3 Å². The summed E-state index contributed by atoms with van der Waals surface area (Å²) in [5.74, 6) is 0. The number of hydrogen-bond acceptors (Lipinski definition) is 0. The fraction of sp³-hybridized carbons (Fsp3) is 0.636. The lowest BCUT2D eigenvalue weighted by molar-refractivity contribution is 0.906. The Balaban J connectivity index is 4.15. The van der Waals surface area contributed by atoms with Gasteiger partial charge >= 0.3 is 0 Å². The summed E-state index contributed by atoms with van der Waals surface area (Å²) in [5.41, 5.74) is 2.96. The molecule has 0 aliphatic rings. The molecule has 0 aliphatic heterocycles. The lowest BCUT2D eigenvalue weighted by Crippen LogP contribution is -1.84. The first kappa shape index (κ1) is 10.5. The van der Waals surface area contributed by atoms with E-state index in [1.165, 1.54) is 24.0 Å². The molecule has 0 saturated heterocycles. The van der Waals surface area contributed by atoms with Crippen LogP contribution in [0.25, 0.3) is 0 Å². The molecular formula is C11H20. The van der Waals surface area contributed by atoms with E-state index in [1.54, 1.807) is 0 Å². The molecule has 11 heavy (non-hydrogen) atoms. The average molecular weight is 152 g/mol. The highest BCUT2D eigenvalue weighted by molar-refractivity contribution is 5.28. The van der Waals surface area contributed by atoms with E-state index < -0.39 is 0 Å². The Morgan fingerprint density at radius 3 is 2.27 bits per heavy atom. The van der Waals surface area contributed by atoms with Crippen molar-refractivity contribution in [3.63, 3.8) is 0 Å². The summed E-state index contributed by atoms with van der Waals surface area (Å²) in [6.45, 7) is 8.73. The minimum atomic E-state index is 1.15. The Morgan fingerprint density at radius 1 is 1.27 bits per heavy atom. The van der Waals surface area contributed by atoms with Crippen molar-refractivity contribution in [3.8, 4) is 0 Å². The summed E-state index contributed by atoms with van der Waals surface area (Å²) < 4.78 is 0. The van der Waals surface area contributed by atoms with E-state index in [1.807, 2.05) is 0 Å². The zero-order valence-corrected chi connectivity index (χ0v) is 8.28. The fourth-order valence-electron chi connectivity index (χ4n) is 1.28. The summed E-state index contributed by atoms with van der Waals surface area (Å²) in [6, 6.07) is 0. The summed E-state index contributed by atoms with van der Waals surface area (Å²) in [7, 11) is 0. The van der Waals surface area contributed by atoms with Crippen LogP contribution in [-0.2, 0) is 0 Å². The quantitative estimate of drug-likeness (QED) is 0.532. The molecule has 0 aromatic heterocycles. The van der Waals surface area contributed by atoms with Crippen molar-refractivity contribution >= 4 is 0 Å². The largest absolute Gasteiger partial charge is 0.0842 e. The van der Waals surface area contributed by atoms with Crippen LogP contribution in [0.4, 0.5) is 0 Å². The van der Waals surface area contributed by atoms with Crippen LogP contribution in [0, 0.1) is 0 Å². The van der Waals surface area contributed by atoms with Gasteiger partial charge in [-0.25, -0.2) is 0 Å². The highest BCUT2D eigenvalue weighted by atomic mass is 14.0. The molecule has 64 valence electrons. The molecule has 0 spiro atoms. The van der Waals surface area contributed by atoms with Gasteiger partial charge in [0.15, 0.2) is 0 Å². The molecule has 0 amide bonds. The Bertz CT molecular complexity index is 149. The SMILES string of the molecule is C/C=C(CCC)\C(C)=C/CC. The average Bonchev–Trinajstić information content (AvgIpc) is 2.00. The molecule has 0 atom stereocenters. The maximum Gasteiger partial charge on any atom is -0.0282 e. The first-order chi connectivity index (χ1) is 5.26. The van der Waals surface area contributed by atoms with Gasteiger partial charge in [0, 0.05) is 0 Å². The molecule has 0 radical (unpaired) electrons. The fourth-order valence-corrected chi connectivity index (χ4v) is 1.28. The van der Waals surface area contributed by atoms with E-state index >= 15 is 0 Å². The Kier molecular flexibility index (Phi) is 5.91. The summed E-state index contributed by atoms with van der Waals surface area (Å²) in [5, 5.41) is 0. The molecule has 0 aromatic rings. The van der Waals surface area contributed by atoms with Gasteiger partial charge in [0.1, 0.15) is 0 Å². The third-order valence-electron chi connectivity index (χ3n) is 1.88. The van der Waals surface area contributed by atoms with Crippen LogP contribution in [0.1, 0.15) is 47.0 Å². The molecule has 0 nitrogen and oxygen atoms in total. The van der Waals surface area contributed by atoms with Crippen molar-refractivity contribution in [1.29, 1.82) is 0 Å². The summed E-state index contributed by atoms with van der Waals surface area (Å²) in [6.07, 6.45) is 8.14. The van der Waals surface area contributed by atoms with Crippen molar-refractivity contribution in [1.82, 2.24) is 0 Å². The third-order valence-corrected chi connectivity index (χ3v) is 1.88. The molecule has 0 N–H and O–H groups in total. The Morgan fingerprint density at radius 2 is 1.91 bits per heavy atom. The maximum atomic E-state index is 2.30. The number of hydrogen-bond donors (Lipinski definition) is 0. The van der Waals surface area contributed by atoms with Gasteiger partial charge < -0.3 is 0 Å². The van der Waals surface area contributed by atoms with Crippen LogP contribution >= 0.6 is 0 Å². The lowest BCUT2D eigenvalue weighted by Gasteiger charge is -2.04. The van der Waals surface area contributed by atoms with E-state index in [-0.39, 0.29) is 0 Å². The zero-order valence-electron chi connectivity index (χ0n) is 8.28. The standard InChI is InChI=1S/C11H20/c1-5-8-10(4)11(7-3)9-6-2/h7-8H,5-6,9H2,1-4H3/b10-8-,11-7-. The van der Waals surface area contributed by atoms with Crippen LogP contribution < -0.4 is 0 Å². The van der Waals surface area contributed by atoms with Gasteiger partial charge in [-0.15, -0.1) is 0 Å². The van der Waals surface area contributed by atoms with Crippen LogP contribution in [0.3, 0.4) is 0 Å². The van der Waals surface area contributed by atoms with E-state index in [2.05, 4.69) is 39.8 Å². The Hall–Kier alpha value is -0.520. The molecule has 0 unspecified atom stereocenters. The summed E-state index contributed by atoms with van der Waals surface area (Å²) >= 11 is 0. The molecule has 0 heteroatoms. The molecule has 0 rings (SSSR count). The second-order valence-electron chi connectivity index (χ2n) is 2.86. The molecule has 0 aromatic carbocycles. The smallest absolute Gasteiger partial charge is 0.0282 e. The molecule has 0 bridgehead atoms. The van der Waals surface area contributed by atoms with Gasteiger partial charge in [-0.3, -0.25) is 0 Å². The molecule has 0 fully saturated rings. The first-order valence-electron chi connectivity index (χ1n) is 4.58. The van der Waals surface area contributed by atoms with Gasteiger partial charge in [0.2, 0.25) is 0 Å². The van der Waals surface area contributed by atoms with Gasteiger partial charge in [0.05, 0.1) is 0 Å². The van der Waals surface area contributed by atoms with Crippen molar-refractivity contribution in [2.75, 3.05) is 0 Å².